The Morgan fingerprint density at radius 3 is 2.67 bits per heavy atom. The average molecular weight is 203 g/mol. The molecule has 1 N–H and O–H groups in total. The molecule has 0 bridgehead atoms. The molecule has 4 nitrogen and oxygen atoms in total. The van der Waals surface area contributed by atoms with Gasteiger partial charge in [0.25, 0.3) is 0 Å². The second kappa shape index (κ2) is 3.57. The number of rotatable bonds is 2. The molecule has 0 aliphatic carbocycles. The number of carbonyl (C=O) groups is 1. The summed E-state index contributed by atoms with van der Waals surface area (Å²) < 4.78 is 5.03. The van der Waals surface area contributed by atoms with Crippen molar-refractivity contribution in [3.8, 4) is 5.75 Å². The molecule has 0 atom stereocenters. The zero-order valence-corrected chi connectivity index (χ0v) is 8.11. The third-order valence-corrected chi connectivity index (χ3v) is 2.24. The quantitative estimate of drug-likeness (QED) is 0.749. The lowest BCUT2D eigenvalue weighted by molar-refractivity contribution is 0.112. The van der Waals surface area contributed by atoms with Crippen molar-refractivity contribution in [2.24, 2.45) is 0 Å². The van der Waals surface area contributed by atoms with Gasteiger partial charge < -0.3 is 9.72 Å². The van der Waals surface area contributed by atoms with E-state index >= 15 is 0 Å². The van der Waals surface area contributed by atoms with Gasteiger partial charge in [-0.15, -0.1) is 0 Å². The number of H-pyrrole nitrogens is 1. The SMILES string of the molecule is COc1ccc2ccc(=O)[nH]c2c1C=O. The molecule has 0 aliphatic heterocycles. The van der Waals surface area contributed by atoms with E-state index in [1.54, 1.807) is 18.2 Å². The molecule has 0 aliphatic rings. The molecule has 0 unspecified atom stereocenters. The van der Waals surface area contributed by atoms with E-state index in [9.17, 15) is 9.59 Å². The Morgan fingerprint density at radius 1 is 1.27 bits per heavy atom. The third kappa shape index (κ3) is 1.50. The average Bonchev–Trinajstić information content (AvgIpc) is 2.27. The fourth-order valence-electron chi connectivity index (χ4n) is 1.52. The van der Waals surface area contributed by atoms with E-state index in [-0.39, 0.29) is 5.56 Å². The van der Waals surface area contributed by atoms with Crippen LogP contribution in [0.3, 0.4) is 0 Å². The molecule has 0 fully saturated rings. The molecule has 2 rings (SSSR count). The predicted octanol–water partition coefficient (Wildman–Crippen LogP) is 1.35. The van der Waals surface area contributed by atoms with Gasteiger partial charge in [0.15, 0.2) is 6.29 Å². The first-order chi connectivity index (χ1) is 7.26. The molecular weight excluding hydrogens is 194 g/mol. The van der Waals surface area contributed by atoms with Crippen molar-refractivity contribution in [3.05, 3.63) is 40.2 Å². The first kappa shape index (κ1) is 9.45. The summed E-state index contributed by atoms with van der Waals surface area (Å²) in [6.07, 6.45) is 0.678. The minimum atomic E-state index is -0.237. The van der Waals surface area contributed by atoms with Crippen LogP contribution in [0.25, 0.3) is 10.9 Å². The summed E-state index contributed by atoms with van der Waals surface area (Å²) in [4.78, 5) is 24.7. The maximum Gasteiger partial charge on any atom is 0.248 e. The molecule has 2 aromatic rings. The van der Waals surface area contributed by atoms with Crippen molar-refractivity contribution in [1.29, 1.82) is 0 Å². The van der Waals surface area contributed by atoms with Gasteiger partial charge in [-0.25, -0.2) is 0 Å². The Labute approximate surface area is 85.5 Å². The van der Waals surface area contributed by atoms with Gasteiger partial charge >= 0.3 is 0 Å². The summed E-state index contributed by atoms with van der Waals surface area (Å²) in [6, 6.07) is 6.57. The molecule has 0 amide bonds. The van der Waals surface area contributed by atoms with Crippen LogP contribution in [0, 0.1) is 0 Å². The Morgan fingerprint density at radius 2 is 2.00 bits per heavy atom. The zero-order valence-electron chi connectivity index (χ0n) is 8.11. The highest BCUT2D eigenvalue weighted by molar-refractivity contribution is 5.98. The van der Waals surface area contributed by atoms with E-state index in [1.807, 2.05) is 0 Å². The molecule has 0 radical (unpaired) electrons. The molecule has 15 heavy (non-hydrogen) atoms. The minimum absolute atomic E-state index is 0.237. The van der Waals surface area contributed by atoms with Crippen LogP contribution in [0.1, 0.15) is 10.4 Å². The predicted molar refractivity (Wildman–Crippen MR) is 56.5 cm³/mol. The lowest BCUT2D eigenvalue weighted by Crippen LogP contribution is -2.04. The minimum Gasteiger partial charge on any atom is -0.496 e. The first-order valence-electron chi connectivity index (χ1n) is 4.41. The second-order valence-corrected chi connectivity index (χ2v) is 3.09. The largest absolute Gasteiger partial charge is 0.496 e. The summed E-state index contributed by atoms with van der Waals surface area (Å²) in [5.41, 5.74) is 0.642. The lowest BCUT2D eigenvalue weighted by Gasteiger charge is -2.06. The van der Waals surface area contributed by atoms with Gasteiger partial charge in [0.1, 0.15) is 5.75 Å². The number of hydrogen-bond donors (Lipinski definition) is 1. The molecule has 4 heteroatoms. The lowest BCUT2D eigenvalue weighted by atomic mass is 10.1. The summed E-state index contributed by atoms with van der Waals surface area (Å²) in [5, 5.41) is 0.803. The smallest absolute Gasteiger partial charge is 0.248 e. The number of ether oxygens (including phenoxy) is 1. The van der Waals surface area contributed by atoms with Crippen LogP contribution >= 0.6 is 0 Å². The highest BCUT2D eigenvalue weighted by atomic mass is 16.5. The number of methoxy groups -OCH3 is 1. The number of aldehydes is 1. The van der Waals surface area contributed by atoms with Gasteiger partial charge in [0, 0.05) is 6.07 Å². The highest BCUT2D eigenvalue weighted by Gasteiger charge is 2.07. The molecule has 1 heterocycles. The Hall–Kier alpha value is -2.10. The van der Waals surface area contributed by atoms with Crippen LogP contribution in [-0.4, -0.2) is 18.4 Å². The Balaban J connectivity index is 2.90. The van der Waals surface area contributed by atoms with Gasteiger partial charge in [0.05, 0.1) is 18.2 Å². The van der Waals surface area contributed by atoms with E-state index in [0.29, 0.717) is 23.1 Å². The van der Waals surface area contributed by atoms with Crippen LogP contribution < -0.4 is 10.3 Å². The Bertz CT molecular complexity index is 572. The Kier molecular flexibility index (Phi) is 2.25. The molecule has 1 aromatic carbocycles. The molecule has 1 aromatic heterocycles. The topological polar surface area (TPSA) is 59.2 Å². The number of aromatic amines is 1. The van der Waals surface area contributed by atoms with Crippen molar-refractivity contribution in [1.82, 2.24) is 4.98 Å². The number of benzene rings is 1. The van der Waals surface area contributed by atoms with Gasteiger partial charge in [-0.2, -0.15) is 0 Å². The van der Waals surface area contributed by atoms with Crippen LogP contribution in [0.2, 0.25) is 0 Å². The summed E-state index contributed by atoms with van der Waals surface area (Å²) in [6.45, 7) is 0. The number of aromatic nitrogens is 1. The van der Waals surface area contributed by atoms with E-state index in [2.05, 4.69) is 4.98 Å². The molecule has 76 valence electrons. The van der Waals surface area contributed by atoms with E-state index in [4.69, 9.17) is 4.74 Å². The van der Waals surface area contributed by atoms with E-state index in [0.717, 1.165) is 5.39 Å². The molecule has 0 saturated heterocycles. The van der Waals surface area contributed by atoms with E-state index in [1.165, 1.54) is 13.2 Å². The van der Waals surface area contributed by atoms with Crippen molar-refractivity contribution in [2.45, 2.75) is 0 Å². The van der Waals surface area contributed by atoms with Crippen LogP contribution in [-0.2, 0) is 0 Å². The first-order valence-corrected chi connectivity index (χ1v) is 4.41. The van der Waals surface area contributed by atoms with Crippen LogP contribution in [0.4, 0.5) is 0 Å². The van der Waals surface area contributed by atoms with Crippen molar-refractivity contribution >= 4 is 17.2 Å². The molecular formula is C11H9NO3. The number of hydrogen-bond acceptors (Lipinski definition) is 3. The maximum absolute atomic E-state index is 11.1. The monoisotopic (exact) mass is 203 g/mol. The number of pyridine rings is 1. The fraction of sp³-hybridized carbons (Fsp3) is 0.0909. The number of carbonyl (C=O) groups excluding carboxylic acids is 1. The maximum atomic E-state index is 11.1. The third-order valence-electron chi connectivity index (χ3n) is 2.24. The number of fused-ring (bicyclic) bond motifs is 1. The summed E-state index contributed by atoms with van der Waals surface area (Å²) >= 11 is 0. The molecule has 0 spiro atoms. The normalized spacial score (nSPS) is 10.2. The summed E-state index contributed by atoms with van der Waals surface area (Å²) in [5.74, 6) is 0.458. The van der Waals surface area contributed by atoms with Gasteiger partial charge in [-0.3, -0.25) is 9.59 Å². The van der Waals surface area contributed by atoms with E-state index < -0.39 is 0 Å². The van der Waals surface area contributed by atoms with Crippen molar-refractivity contribution in [2.75, 3.05) is 7.11 Å². The van der Waals surface area contributed by atoms with Crippen molar-refractivity contribution < 1.29 is 9.53 Å². The number of nitrogens with one attached hydrogen (secondary N) is 1. The fourth-order valence-corrected chi connectivity index (χ4v) is 1.52. The van der Waals surface area contributed by atoms with Gasteiger partial charge in [0.2, 0.25) is 5.56 Å². The molecule has 0 saturated carbocycles. The van der Waals surface area contributed by atoms with Crippen LogP contribution in [0.15, 0.2) is 29.1 Å². The van der Waals surface area contributed by atoms with Gasteiger partial charge in [-0.05, 0) is 23.6 Å². The van der Waals surface area contributed by atoms with Gasteiger partial charge in [-0.1, -0.05) is 0 Å². The zero-order chi connectivity index (χ0) is 10.8. The standard InChI is InChI=1S/C11H9NO3/c1-15-9-4-2-7-3-5-10(14)12-11(7)8(9)6-13/h2-6H,1H3,(H,12,14). The van der Waals surface area contributed by atoms with Crippen LogP contribution in [0.5, 0.6) is 5.75 Å². The summed E-state index contributed by atoms with van der Waals surface area (Å²) in [7, 11) is 1.48. The second-order valence-electron chi connectivity index (χ2n) is 3.09. The highest BCUT2D eigenvalue weighted by Crippen LogP contribution is 2.23. The van der Waals surface area contributed by atoms with Crippen molar-refractivity contribution in [3.63, 3.8) is 0 Å².